The minimum atomic E-state index is -2.60. The van der Waals surface area contributed by atoms with Gasteiger partial charge in [-0.25, -0.2) is 4.79 Å². The normalized spacial score (nSPS) is 26.6. The minimum Gasteiger partial charge on any atom is -0.426 e. The van der Waals surface area contributed by atoms with Crippen molar-refractivity contribution in [1.82, 2.24) is 0 Å². The topological polar surface area (TPSA) is 113 Å². The van der Waals surface area contributed by atoms with Gasteiger partial charge in [-0.3, -0.25) is 10.1 Å². The average molecular weight is 236 g/mol. The van der Waals surface area contributed by atoms with Gasteiger partial charge in [0.05, 0.1) is 11.0 Å². The van der Waals surface area contributed by atoms with Crippen LogP contribution in [0.25, 0.3) is 0 Å². The Morgan fingerprint density at radius 2 is 2.47 bits per heavy atom. The molecule has 0 spiro atoms. The SMILES string of the molecule is C=CC(=O)OC1=CC=CC(O)([N+](=O)[O-])C1C#N. The molecule has 0 aromatic heterocycles. The fraction of sp³-hybridized carbons (Fsp3) is 0.200. The number of allylic oxidation sites excluding steroid dienone is 2. The Bertz CT molecular complexity index is 474. The molecule has 0 saturated heterocycles. The molecule has 0 saturated carbocycles. The third-order valence-corrected chi connectivity index (χ3v) is 2.12. The van der Waals surface area contributed by atoms with Crippen molar-refractivity contribution in [3.05, 3.63) is 46.8 Å². The molecule has 2 atom stereocenters. The van der Waals surface area contributed by atoms with Crippen LogP contribution in [0.4, 0.5) is 0 Å². The van der Waals surface area contributed by atoms with Gasteiger partial charge >= 0.3 is 11.7 Å². The largest absolute Gasteiger partial charge is 0.426 e. The first-order chi connectivity index (χ1) is 7.95. The molecule has 0 fully saturated rings. The van der Waals surface area contributed by atoms with Crippen molar-refractivity contribution < 1.29 is 19.6 Å². The van der Waals surface area contributed by atoms with Gasteiger partial charge in [0, 0.05) is 12.2 Å². The van der Waals surface area contributed by atoms with E-state index in [0.717, 1.165) is 18.2 Å². The summed E-state index contributed by atoms with van der Waals surface area (Å²) in [7, 11) is 0. The van der Waals surface area contributed by atoms with Crippen molar-refractivity contribution in [3.63, 3.8) is 0 Å². The first-order valence-electron chi connectivity index (χ1n) is 4.46. The molecule has 0 bridgehead atoms. The van der Waals surface area contributed by atoms with E-state index in [-0.39, 0.29) is 5.76 Å². The summed E-state index contributed by atoms with van der Waals surface area (Å²) in [4.78, 5) is 20.6. The fourth-order valence-corrected chi connectivity index (χ4v) is 1.26. The molecule has 1 N–H and O–H groups in total. The van der Waals surface area contributed by atoms with Gasteiger partial charge in [-0.2, -0.15) is 5.26 Å². The number of nitro groups is 1. The van der Waals surface area contributed by atoms with E-state index in [0.29, 0.717) is 0 Å². The van der Waals surface area contributed by atoms with E-state index >= 15 is 0 Å². The van der Waals surface area contributed by atoms with E-state index in [1.807, 2.05) is 0 Å². The smallest absolute Gasteiger partial charge is 0.365 e. The molecular weight excluding hydrogens is 228 g/mol. The number of hydrogen-bond acceptors (Lipinski definition) is 6. The van der Waals surface area contributed by atoms with Crippen LogP contribution in [-0.4, -0.2) is 21.7 Å². The Balaban J connectivity index is 3.09. The second kappa shape index (κ2) is 4.59. The molecule has 0 aliphatic heterocycles. The number of aliphatic hydroxyl groups is 1. The second-order valence-electron chi connectivity index (χ2n) is 3.16. The summed E-state index contributed by atoms with van der Waals surface area (Å²) in [5, 5.41) is 29.2. The zero-order valence-corrected chi connectivity index (χ0v) is 8.57. The zero-order chi connectivity index (χ0) is 13.1. The van der Waals surface area contributed by atoms with Crippen LogP contribution >= 0.6 is 0 Å². The Morgan fingerprint density at radius 1 is 1.82 bits per heavy atom. The van der Waals surface area contributed by atoms with E-state index < -0.39 is 22.5 Å². The lowest BCUT2D eigenvalue weighted by Crippen LogP contribution is -2.45. The standard InChI is InChI=1S/C10H8N2O5/c1-2-9(13)17-8-4-3-5-10(14,12(15)16)7(8)6-11/h2-5,7,14H,1H2. The lowest BCUT2D eigenvalue weighted by molar-refractivity contribution is -0.615. The maximum Gasteiger partial charge on any atom is 0.365 e. The van der Waals surface area contributed by atoms with E-state index in [9.17, 15) is 20.0 Å². The minimum absolute atomic E-state index is 0.292. The number of nitriles is 1. The molecule has 1 aliphatic carbocycles. The highest BCUT2D eigenvalue weighted by Gasteiger charge is 2.51. The summed E-state index contributed by atoms with van der Waals surface area (Å²) in [5.74, 6) is -2.75. The number of carbonyl (C=O) groups excluding carboxylic acids is 1. The van der Waals surface area contributed by atoms with Crippen LogP contribution in [0, 0.1) is 27.4 Å². The van der Waals surface area contributed by atoms with Crippen LogP contribution in [-0.2, 0) is 9.53 Å². The molecule has 88 valence electrons. The van der Waals surface area contributed by atoms with Gasteiger partial charge < -0.3 is 9.84 Å². The van der Waals surface area contributed by atoms with Crippen molar-refractivity contribution >= 4 is 5.97 Å². The summed E-state index contributed by atoms with van der Waals surface area (Å²) in [6.45, 7) is 3.15. The molecule has 7 heteroatoms. The number of ether oxygens (including phenoxy) is 1. The number of esters is 1. The lowest BCUT2D eigenvalue weighted by Gasteiger charge is -2.24. The van der Waals surface area contributed by atoms with Gasteiger partial charge in [0.2, 0.25) is 5.92 Å². The molecule has 2 unspecified atom stereocenters. The van der Waals surface area contributed by atoms with Crippen LogP contribution < -0.4 is 0 Å². The highest BCUT2D eigenvalue weighted by atomic mass is 16.7. The summed E-state index contributed by atoms with van der Waals surface area (Å²) in [6, 6.07) is 1.53. The summed E-state index contributed by atoms with van der Waals surface area (Å²) in [6.07, 6.45) is 4.04. The predicted molar refractivity (Wildman–Crippen MR) is 54.6 cm³/mol. The lowest BCUT2D eigenvalue weighted by atomic mass is 9.91. The maximum atomic E-state index is 11.0. The van der Waals surface area contributed by atoms with Crippen LogP contribution in [0.15, 0.2) is 36.6 Å². The Hall–Kier alpha value is -2.46. The molecule has 1 rings (SSSR count). The van der Waals surface area contributed by atoms with Gasteiger partial charge in [0.1, 0.15) is 5.76 Å². The molecule has 17 heavy (non-hydrogen) atoms. The number of nitrogens with zero attached hydrogens (tertiary/aromatic N) is 2. The van der Waals surface area contributed by atoms with Gasteiger partial charge in [0.25, 0.3) is 0 Å². The van der Waals surface area contributed by atoms with Crippen molar-refractivity contribution in [2.24, 2.45) is 5.92 Å². The van der Waals surface area contributed by atoms with Gasteiger partial charge in [0.15, 0.2) is 0 Å². The Labute approximate surface area is 96.1 Å². The maximum absolute atomic E-state index is 11.0. The van der Waals surface area contributed by atoms with Crippen LogP contribution in [0.1, 0.15) is 0 Å². The zero-order valence-electron chi connectivity index (χ0n) is 8.57. The number of hydrogen-bond donors (Lipinski definition) is 1. The third-order valence-electron chi connectivity index (χ3n) is 2.12. The summed E-state index contributed by atoms with van der Waals surface area (Å²) < 4.78 is 4.66. The molecule has 0 radical (unpaired) electrons. The summed E-state index contributed by atoms with van der Waals surface area (Å²) >= 11 is 0. The van der Waals surface area contributed by atoms with Crippen molar-refractivity contribution in [2.75, 3.05) is 0 Å². The summed E-state index contributed by atoms with van der Waals surface area (Å²) in [5.41, 5.74) is -2.60. The molecule has 7 nitrogen and oxygen atoms in total. The molecule has 0 aromatic rings. The van der Waals surface area contributed by atoms with Crippen molar-refractivity contribution in [2.45, 2.75) is 5.72 Å². The van der Waals surface area contributed by atoms with Gasteiger partial charge in [-0.05, 0) is 6.08 Å². The second-order valence-corrected chi connectivity index (χ2v) is 3.16. The predicted octanol–water partition coefficient (Wildman–Crippen LogP) is 0.274. The highest BCUT2D eigenvalue weighted by molar-refractivity contribution is 5.82. The molecule has 0 amide bonds. The first kappa shape index (κ1) is 12.6. The van der Waals surface area contributed by atoms with E-state index in [2.05, 4.69) is 11.3 Å². The third kappa shape index (κ3) is 2.21. The first-order valence-corrected chi connectivity index (χ1v) is 4.46. The van der Waals surface area contributed by atoms with Crippen LogP contribution in [0.3, 0.4) is 0 Å². The quantitative estimate of drug-likeness (QED) is 0.247. The highest BCUT2D eigenvalue weighted by Crippen LogP contribution is 2.31. The van der Waals surface area contributed by atoms with E-state index in [1.165, 1.54) is 12.1 Å². The fourth-order valence-electron chi connectivity index (χ4n) is 1.26. The van der Waals surface area contributed by atoms with E-state index in [4.69, 9.17) is 5.26 Å². The number of carbonyl (C=O) groups is 1. The molecule has 0 heterocycles. The van der Waals surface area contributed by atoms with Crippen LogP contribution in [0.2, 0.25) is 0 Å². The van der Waals surface area contributed by atoms with Gasteiger partial charge in [-0.15, -0.1) is 0 Å². The monoisotopic (exact) mass is 236 g/mol. The molecule has 1 aliphatic rings. The Kier molecular flexibility index (Phi) is 3.40. The van der Waals surface area contributed by atoms with Crippen molar-refractivity contribution in [3.8, 4) is 6.07 Å². The molecular formula is C10H8N2O5. The van der Waals surface area contributed by atoms with E-state index in [1.54, 1.807) is 0 Å². The molecule has 0 aromatic carbocycles. The van der Waals surface area contributed by atoms with Crippen LogP contribution in [0.5, 0.6) is 0 Å². The van der Waals surface area contributed by atoms with Crippen molar-refractivity contribution in [1.29, 1.82) is 5.26 Å². The Morgan fingerprint density at radius 3 is 2.94 bits per heavy atom. The number of rotatable bonds is 3. The van der Waals surface area contributed by atoms with Gasteiger partial charge in [-0.1, -0.05) is 12.7 Å². The average Bonchev–Trinajstić information content (AvgIpc) is 2.29.